The topological polar surface area (TPSA) is 16.1 Å². The van der Waals surface area contributed by atoms with E-state index in [4.69, 9.17) is 11.6 Å². The zero-order chi connectivity index (χ0) is 13.7. The van der Waals surface area contributed by atoms with Crippen molar-refractivity contribution >= 4 is 17.2 Å². The van der Waals surface area contributed by atoms with E-state index < -0.39 is 0 Å². The molecule has 1 aromatic heterocycles. The summed E-state index contributed by atoms with van der Waals surface area (Å²) in [6.45, 7) is 0.872. The number of hydrogen-bond donors (Lipinski definition) is 0. The van der Waals surface area contributed by atoms with E-state index in [0.29, 0.717) is 0 Å². The maximum Gasteiger partial charge on any atom is 0.0412 e. The summed E-state index contributed by atoms with van der Waals surface area (Å²) in [5.41, 5.74) is 3.37. The molecule has 0 atom stereocenters. The molecular formula is C16H17ClN2. The van der Waals surface area contributed by atoms with Gasteiger partial charge in [0, 0.05) is 29.5 Å². The van der Waals surface area contributed by atoms with E-state index in [0.717, 1.165) is 28.3 Å². The lowest BCUT2D eigenvalue weighted by Crippen LogP contribution is -2.11. The lowest BCUT2D eigenvalue weighted by molar-refractivity contribution is 0.457. The molecule has 0 saturated heterocycles. The number of pyridine rings is 1. The standard InChI is InChI=1S/C16H17ClN2/c1-19(2)10-8-16(14-6-4-9-18-12-14)13-5-3-7-15(17)11-13/h3-9,11-12H,10H2,1-2H3/b16-8-. The Kier molecular flexibility index (Phi) is 4.72. The van der Waals surface area contributed by atoms with E-state index in [9.17, 15) is 0 Å². The van der Waals surface area contributed by atoms with Gasteiger partial charge in [0.05, 0.1) is 0 Å². The van der Waals surface area contributed by atoms with Crippen molar-refractivity contribution in [3.63, 3.8) is 0 Å². The Morgan fingerprint density at radius 2 is 2.00 bits per heavy atom. The van der Waals surface area contributed by atoms with E-state index in [-0.39, 0.29) is 0 Å². The first-order valence-corrected chi connectivity index (χ1v) is 6.56. The minimum absolute atomic E-state index is 0.747. The van der Waals surface area contributed by atoms with E-state index in [2.05, 4.69) is 42.2 Å². The van der Waals surface area contributed by atoms with Crippen LogP contribution in [0.25, 0.3) is 5.57 Å². The zero-order valence-electron chi connectivity index (χ0n) is 11.2. The molecule has 0 unspecified atom stereocenters. The van der Waals surface area contributed by atoms with Gasteiger partial charge >= 0.3 is 0 Å². The van der Waals surface area contributed by atoms with Crippen LogP contribution in [0.15, 0.2) is 54.9 Å². The Hall–Kier alpha value is -1.64. The molecule has 1 aromatic carbocycles. The number of likely N-dealkylation sites (N-methyl/N-ethyl adjacent to an activating group) is 1. The van der Waals surface area contributed by atoms with Crippen LogP contribution < -0.4 is 0 Å². The molecule has 0 N–H and O–H groups in total. The largest absolute Gasteiger partial charge is 0.306 e. The summed E-state index contributed by atoms with van der Waals surface area (Å²) in [5, 5.41) is 0.747. The van der Waals surface area contributed by atoms with Crippen LogP contribution >= 0.6 is 11.6 Å². The molecule has 19 heavy (non-hydrogen) atoms. The Morgan fingerprint density at radius 3 is 2.63 bits per heavy atom. The van der Waals surface area contributed by atoms with Crippen molar-refractivity contribution in [3.8, 4) is 0 Å². The van der Waals surface area contributed by atoms with Crippen molar-refractivity contribution in [2.75, 3.05) is 20.6 Å². The van der Waals surface area contributed by atoms with Crippen LogP contribution in [-0.4, -0.2) is 30.5 Å². The summed E-state index contributed by atoms with van der Waals surface area (Å²) in [6.07, 6.45) is 5.86. The van der Waals surface area contributed by atoms with Crippen molar-refractivity contribution in [2.45, 2.75) is 0 Å². The minimum atomic E-state index is 0.747. The molecule has 1 heterocycles. The van der Waals surface area contributed by atoms with E-state index in [1.807, 2.05) is 30.5 Å². The van der Waals surface area contributed by atoms with E-state index in [1.54, 1.807) is 6.20 Å². The number of aromatic nitrogens is 1. The van der Waals surface area contributed by atoms with Crippen LogP contribution in [-0.2, 0) is 0 Å². The van der Waals surface area contributed by atoms with Gasteiger partial charge in [-0.15, -0.1) is 0 Å². The van der Waals surface area contributed by atoms with Gasteiger partial charge in [-0.05, 0) is 43.4 Å². The lowest BCUT2D eigenvalue weighted by atomic mass is 9.99. The Morgan fingerprint density at radius 1 is 1.21 bits per heavy atom. The fraction of sp³-hybridized carbons (Fsp3) is 0.188. The summed E-state index contributed by atoms with van der Waals surface area (Å²) < 4.78 is 0. The fourth-order valence-corrected chi connectivity index (χ4v) is 2.04. The number of benzene rings is 1. The molecule has 3 heteroatoms. The second-order valence-corrected chi connectivity index (χ2v) is 5.07. The zero-order valence-corrected chi connectivity index (χ0v) is 11.9. The average Bonchev–Trinajstić information content (AvgIpc) is 2.40. The second-order valence-electron chi connectivity index (χ2n) is 4.63. The molecule has 2 nitrogen and oxygen atoms in total. The molecule has 0 bridgehead atoms. The van der Waals surface area contributed by atoms with Gasteiger partial charge < -0.3 is 4.90 Å². The molecule has 98 valence electrons. The van der Waals surface area contributed by atoms with Crippen molar-refractivity contribution in [1.29, 1.82) is 0 Å². The van der Waals surface area contributed by atoms with Crippen LogP contribution in [0.4, 0.5) is 0 Å². The number of halogens is 1. The first kappa shape index (κ1) is 13.8. The highest BCUT2D eigenvalue weighted by atomic mass is 35.5. The van der Waals surface area contributed by atoms with Crippen LogP contribution in [0.5, 0.6) is 0 Å². The van der Waals surface area contributed by atoms with Gasteiger partial charge in [0.2, 0.25) is 0 Å². The third-order valence-corrected chi connectivity index (χ3v) is 3.00. The third-order valence-electron chi connectivity index (χ3n) is 2.77. The summed E-state index contributed by atoms with van der Waals surface area (Å²) in [7, 11) is 4.10. The number of hydrogen-bond acceptors (Lipinski definition) is 2. The first-order valence-electron chi connectivity index (χ1n) is 6.18. The van der Waals surface area contributed by atoms with Crippen LogP contribution in [0.3, 0.4) is 0 Å². The van der Waals surface area contributed by atoms with Crippen molar-refractivity contribution < 1.29 is 0 Å². The maximum absolute atomic E-state index is 6.09. The summed E-state index contributed by atoms with van der Waals surface area (Å²) in [4.78, 5) is 6.32. The van der Waals surface area contributed by atoms with Crippen LogP contribution in [0.2, 0.25) is 5.02 Å². The summed E-state index contributed by atoms with van der Waals surface area (Å²) >= 11 is 6.09. The monoisotopic (exact) mass is 272 g/mol. The Balaban J connectivity index is 2.43. The maximum atomic E-state index is 6.09. The van der Waals surface area contributed by atoms with Crippen molar-refractivity contribution in [2.24, 2.45) is 0 Å². The predicted molar refractivity (Wildman–Crippen MR) is 81.3 cm³/mol. The quantitative estimate of drug-likeness (QED) is 0.843. The SMILES string of the molecule is CN(C)C/C=C(\c1cccnc1)c1cccc(Cl)c1. The van der Waals surface area contributed by atoms with Gasteiger partial charge in [0.15, 0.2) is 0 Å². The van der Waals surface area contributed by atoms with Gasteiger partial charge in [-0.25, -0.2) is 0 Å². The molecule has 0 fully saturated rings. The van der Waals surface area contributed by atoms with Gasteiger partial charge in [0.1, 0.15) is 0 Å². The Bertz CT molecular complexity index is 562. The molecule has 2 aromatic rings. The van der Waals surface area contributed by atoms with Crippen molar-refractivity contribution in [3.05, 3.63) is 71.0 Å². The molecule has 0 saturated carbocycles. The second kappa shape index (κ2) is 6.50. The summed E-state index contributed by atoms with van der Waals surface area (Å²) in [6, 6.07) is 11.9. The number of nitrogens with zero attached hydrogens (tertiary/aromatic N) is 2. The lowest BCUT2D eigenvalue weighted by Gasteiger charge is -2.11. The Labute approximate surface area is 119 Å². The number of rotatable bonds is 4. The molecule has 0 spiro atoms. The average molecular weight is 273 g/mol. The molecule has 0 aliphatic carbocycles. The third kappa shape index (κ3) is 3.91. The van der Waals surface area contributed by atoms with Crippen LogP contribution in [0, 0.1) is 0 Å². The smallest absolute Gasteiger partial charge is 0.0412 e. The van der Waals surface area contributed by atoms with Crippen molar-refractivity contribution in [1.82, 2.24) is 9.88 Å². The van der Waals surface area contributed by atoms with Gasteiger partial charge in [-0.1, -0.05) is 35.9 Å². The normalized spacial score (nSPS) is 11.9. The molecule has 2 rings (SSSR count). The highest BCUT2D eigenvalue weighted by Crippen LogP contribution is 2.24. The molecule has 0 amide bonds. The van der Waals surface area contributed by atoms with E-state index >= 15 is 0 Å². The van der Waals surface area contributed by atoms with Gasteiger partial charge in [0.25, 0.3) is 0 Å². The molecule has 0 radical (unpaired) electrons. The first-order chi connectivity index (χ1) is 9.16. The molecular weight excluding hydrogens is 256 g/mol. The van der Waals surface area contributed by atoms with Gasteiger partial charge in [-0.3, -0.25) is 4.98 Å². The van der Waals surface area contributed by atoms with Gasteiger partial charge in [-0.2, -0.15) is 0 Å². The predicted octanol–water partition coefficient (Wildman–Crippen LogP) is 3.73. The summed E-state index contributed by atoms with van der Waals surface area (Å²) in [5.74, 6) is 0. The van der Waals surface area contributed by atoms with Crippen LogP contribution in [0.1, 0.15) is 11.1 Å². The molecule has 0 aliphatic heterocycles. The minimum Gasteiger partial charge on any atom is -0.306 e. The highest BCUT2D eigenvalue weighted by Gasteiger charge is 2.05. The van der Waals surface area contributed by atoms with E-state index in [1.165, 1.54) is 0 Å². The highest BCUT2D eigenvalue weighted by molar-refractivity contribution is 6.30. The fourth-order valence-electron chi connectivity index (χ4n) is 1.85. The molecule has 0 aliphatic rings.